The van der Waals surface area contributed by atoms with Crippen molar-refractivity contribution in [3.63, 3.8) is 0 Å². The van der Waals surface area contributed by atoms with Gasteiger partial charge in [0.05, 0.1) is 22.6 Å². The topological polar surface area (TPSA) is 90.0 Å². The molecule has 0 spiro atoms. The van der Waals surface area contributed by atoms with E-state index in [9.17, 15) is 9.59 Å². The summed E-state index contributed by atoms with van der Waals surface area (Å²) < 4.78 is 1.33. The highest BCUT2D eigenvalue weighted by Crippen LogP contribution is 2.17. The molecule has 1 amide bonds. The zero-order valence-corrected chi connectivity index (χ0v) is 10.7. The average Bonchev–Trinajstić information content (AvgIpc) is 2.81. The van der Waals surface area contributed by atoms with Crippen LogP contribution in [0.1, 0.15) is 15.2 Å². The number of carbonyl (C=O) groups is 1. The number of carbonyl (C=O) groups excluding carboxylic acids is 1. The van der Waals surface area contributed by atoms with Gasteiger partial charge in [-0.1, -0.05) is 11.6 Å². The lowest BCUT2D eigenvalue weighted by atomic mass is 10.2. The van der Waals surface area contributed by atoms with E-state index in [4.69, 9.17) is 17.4 Å². The number of rotatable bonds is 3. The Morgan fingerprint density at radius 3 is 3.11 bits per heavy atom. The summed E-state index contributed by atoms with van der Waals surface area (Å²) >= 11 is 7.02. The first-order valence-electron chi connectivity index (χ1n) is 4.91. The molecule has 0 aliphatic heterocycles. The standard InChI is InChI=1S/C10H9ClN4O2S/c11-7-3-13-10(17)15(5-7)4-6-1-2-18-8(6)9(16)14-12/h1-3,5H,4,12H2,(H,14,16). The molecule has 0 radical (unpaired) electrons. The molecule has 0 aliphatic carbocycles. The van der Waals surface area contributed by atoms with E-state index in [1.54, 1.807) is 11.4 Å². The van der Waals surface area contributed by atoms with Crippen LogP contribution < -0.4 is 17.0 Å². The van der Waals surface area contributed by atoms with Gasteiger partial charge in [-0.3, -0.25) is 14.8 Å². The summed E-state index contributed by atoms with van der Waals surface area (Å²) in [5.41, 5.74) is 2.32. The maximum absolute atomic E-state index is 11.5. The number of nitrogen functional groups attached to an aromatic ring is 1. The highest BCUT2D eigenvalue weighted by molar-refractivity contribution is 7.12. The lowest BCUT2D eigenvalue weighted by molar-refractivity contribution is 0.0957. The van der Waals surface area contributed by atoms with Gasteiger partial charge in [0.15, 0.2) is 0 Å². The van der Waals surface area contributed by atoms with Gasteiger partial charge >= 0.3 is 5.69 Å². The highest BCUT2D eigenvalue weighted by Gasteiger charge is 2.12. The maximum Gasteiger partial charge on any atom is 0.347 e. The second-order valence-electron chi connectivity index (χ2n) is 3.43. The Morgan fingerprint density at radius 1 is 1.61 bits per heavy atom. The van der Waals surface area contributed by atoms with Crippen LogP contribution in [0.5, 0.6) is 0 Å². The zero-order valence-electron chi connectivity index (χ0n) is 9.09. The molecule has 2 rings (SSSR count). The molecule has 0 unspecified atom stereocenters. The van der Waals surface area contributed by atoms with Gasteiger partial charge in [-0.15, -0.1) is 11.3 Å². The maximum atomic E-state index is 11.5. The third kappa shape index (κ3) is 2.58. The van der Waals surface area contributed by atoms with Crippen LogP contribution in [0.3, 0.4) is 0 Å². The molecule has 94 valence electrons. The zero-order chi connectivity index (χ0) is 13.1. The summed E-state index contributed by atoms with van der Waals surface area (Å²) in [5.74, 6) is 4.70. The Bertz CT molecular complexity index is 637. The van der Waals surface area contributed by atoms with Crippen molar-refractivity contribution < 1.29 is 4.79 Å². The van der Waals surface area contributed by atoms with Crippen molar-refractivity contribution in [1.82, 2.24) is 15.0 Å². The third-order valence-corrected chi connectivity index (χ3v) is 3.40. The molecule has 0 fully saturated rings. The van der Waals surface area contributed by atoms with Crippen molar-refractivity contribution in [3.05, 3.63) is 49.8 Å². The van der Waals surface area contributed by atoms with Gasteiger partial charge in [0.25, 0.3) is 5.91 Å². The van der Waals surface area contributed by atoms with Crippen LogP contribution >= 0.6 is 22.9 Å². The van der Waals surface area contributed by atoms with Crippen molar-refractivity contribution in [2.24, 2.45) is 5.84 Å². The smallest absolute Gasteiger partial charge is 0.293 e. The van der Waals surface area contributed by atoms with Gasteiger partial charge in [0.2, 0.25) is 0 Å². The molecule has 2 aromatic heterocycles. The van der Waals surface area contributed by atoms with Crippen LogP contribution in [0.4, 0.5) is 0 Å². The summed E-state index contributed by atoms with van der Waals surface area (Å²) in [7, 11) is 0. The van der Waals surface area contributed by atoms with Gasteiger partial charge in [-0.2, -0.15) is 0 Å². The van der Waals surface area contributed by atoms with E-state index in [0.29, 0.717) is 15.5 Å². The van der Waals surface area contributed by atoms with E-state index in [1.807, 2.05) is 0 Å². The summed E-state index contributed by atoms with van der Waals surface area (Å²) in [6.07, 6.45) is 2.75. The Balaban J connectivity index is 2.35. The molecule has 0 bridgehead atoms. The molecule has 0 atom stereocenters. The number of hydrogen-bond donors (Lipinski definition) is 2. The minimum atomic E-state index is -0.426. The first-order valence-corrected chi connectivity index (χ1v) is 6.17. The average molecular weight is 285 g/mol. The second-order valence-corrected chi connectivity index (χ2v) is 4.78. The molecule has 0 aromatic carbocycles. The van der Waals surface area contributed by atoms with Crippen molar-refractivity contribution >= 4 is 28.8 Å². The van der Waals surface area contributed by atoms with Crippen molar-refractivity contribution in [2.45, 2.75) is 6.54 Å². The van der Waals surface area contributed by atoms with Gasteiger partial charge in [0.1, 0.15) is 0 Å². The molecule has 2 aromatic rings. The Kier molecular flexibility index (Phi) is 3.75. The van der Waals surface area contributed by atoms with Crippen LogP contribution in [0, 0.1) is 0 Å². The molecule has 6 nitrogen and oxygen atoms in total. The largest absolute Gasteiger partial charge is 0.347 e. The number of aromatic nitrogens is 2. The van der Waals surface area contributed by atoms with E-state index >= 15 is 0 Å². The number of amides is 1. The van der Waals surface area contributed by atoms with Gasteiger partial charge < -0.3 is 0 Å². The van der Waals surface area contributed by atoms with Crippen LogP contribution in [0.25, 0.3) is 0 Å². The number of hydrogen-bond acceptors (Lipinski definition) is 5. The van der Waals surface area contributed by atoms with E-state index in [2.05, 4.69) is 10.4 Å². The fourth-order valence-corrected chi connectivity index (χ4v) is 2.44. The molecule has 0 aliphatic rings. The molecular weight excluding hydrogens is 276 g/mol. The molecule has 0 saturated carbocycles. The van der Waals surface area contributed by atoms with Gasteiger partial charge in [-0.25, -0.2) is 15.6 Å². The summed E-state index contributed by atoms with van der Waals surface area (Å²) in [5, 5.41) is 2.11. The molecule has 2 heterocycles. The number of nitrogens with two attached hydrogens (primary N) is 1. The quantitative estimate of drug-likeness (QED) is 0.491. The predicted molar refractivity (Wildman–Crippen MR) is 68.6 cm³/mol. The van der Waals surface area contributed by atoms with Crippen LogP contribution in [-0.4, -0.2) is 15.5 Å². The fraction of sp³-hybridized carbons (Fsp3) is 0.100. The molecular formula is C10H9ClN4O2S. The van der Waals surface area contributed by atoms with Crippen LogP contribution in [-0.2, 0) is 6.54 Å². The highest BCUT2D eigenvalue weighted by atomic mass is 35.5. The molecule has 8 heteroatoms. The molecule has 3 N–H and O–H groups in total. The Hall–Kier alpha value is -1.70. The summed E-state index contributed by atoms with van der Waals surface area (Å²) in [4.78, 5) is 27.1. The normalized spacial score (nSPS) is 10.3. The van der Waals surface area contributed by atoms with Crippen molar-refractivity contribution in [1.29, 1.82) is 0 Å². The van der Waals surface area contributed by atoms with Crippen LogP contribution in [0.2, 0.25) is 5.02 Å². The van der Waals surface area contributed by atoms with Gasteiger partial charge in [0, 0.05) is 6.20 Å². The van der Waals surface area contributed by atoms with E-state index in [1.165, 1.54) is 28.3 Å². The van der Waals surface area contributed by atoms with E-state index < -0.39 is 5.69 Å². The van der Waals surface area contributed by atoms with Gasteiger partial charge in [-0.05, 0) is 17.0 Å². The molecule has 18 heavy (non-hydrogen) atoms. The fourth-order valence-electron chi connectivity index (χ4n) is 1.45. The monoisotopic (exact) mass is 284 g/mol. The first-order chi connectivity index (χ1) is 8.61. The van der Waals surface area contributed by atoms with E-state index in [-0.39, 0.29) is 12.5 Å². The number of nitrogens with zero attached hydrogens (tertiary/aromatic N) is 2. The minimum Gasteiger partial charge on any atom is -0.293 e. The van der Waals surface area contributed by atoms with Crippen molar-refractivity contribution in [2.75, 3.05) is 0 Å². The van der Waals surface area contributed by atoms with Crippen molar-refractivity contribution in [3.8, 4) is 0 Å². The molecule has 0 saturated heterocycles. The first kappa shape index (κ1) is 12.7. The number of thiophene rings is 1. The number of hydrazine groups is 1. The second kappa shape index (κ2) is 5.30. The summed E-state index contributed by atoms with van der Waals surface area (Å²) in [6.45, 7) is 0.221. The Labute approximate surface area is 111 Å². The summed E-state index contributed by atoms with van der Waals surface area (Å²) in [6, 6.07) is 1.75. The van der Waals surface area contributed by atoms with Crippen LogP contribution in [0.15, 0.2) is 28.6 Å². The third-order valence-electron chi connectivity index (χ3n) is 2.25. The SMILES string of the molecule is NNC(=O)c1sccc1Cn1cc(Cl)cnc1=O. The minimum absolute atomic E-state index is 0.221. The lowest BCUT2D eigenvalue weighted by Gasteiger charge is -2.05. The Morgan fingerprint density at radius 2 is 2.39 bits per heavy atom. The predicted octanol–water partition coefficient (Wildman–Crippen LogP) is 0.610. The number of halogens is 1. The number of nitrogens with one attached hydrogen (secondary N) is 1. The lowest BCUT2D eigenvalue weighted by Crippen LogP contribution is -2.30. The van der Waals surface area contributed by atoms with E-state index in [0.717, 1.165) is 0 Å².